The lowest BCUT2D eigenvalue weighted by atomic mass is 10.1. The number of hydrogen-bond donors (Lipinski definition) is 0. The molecule has 0 aliphatic heterocycles. The Bertz CT molecular complexity index is 290. The molecule has 0 aliphatic rings. The minimum atomic E-state index is -0.545. The predicted molar refractivity (Wildman–Crippen MR) is 39.2 cm³/mol. The maximum absolute atomic E-state index is 12.8. The lowest BCUT2D eigenvalue weighted by Gasteiger charge is -1.98. The first-order valence-electron chi connectivity index (χ1n) is 3.22. The highest BCUT2D eigenvalue weighted by molar-refractivity contribution is 5.17. The molecule has 1 aromatic rings. The molecule has 3 heteroatoms. The van der Waals surface area contributed by atoms with Crippen LogP contribution in [0.3, 0.4) is 0 Å². The zero-order chi connectivity index (χ0) is 8.27. The summed E-state index contributed by atoms with van der Waals surface area (Å²) in [7, 11) is 0. The van der Waals surface area contributed by atoms with Gasteiger partial charge in [0.2, 0.25) is 12.0 Å². The van der Waals surface area contributed by atoms with Crippen molar-refractivity contribution >= 4 is 0 Å². The molecule has 0 saturated heterocycles. The van der Waals surface area contributed by atoms with Crippen LogP contribution in [0, 0.1) is 12.5 Å². The third kappa shape index (κ3) is 1.53. The van der Waals surface area contributed by atoms with Gasteiger partial charge < -0.3 is 4.85 Å². The van der Waals surface area contributed by atoms with Gasteiger partial charge in [0, 0.05) is 13.1 Å². The van der Waals surface area contributed by atoms with E-state index in [1.807, 2.05) is 0 Å². The van der Waals surface area contributed by atoms with Gasteiger partial charge in [-0.25, -0.2) is 11.6 Å². The average molecular weight is 150 g/mol. The van der Waals surface area contributed by atoms with Crippen LogP contribution in [0.5, 0.6) is 0 Å². The SMILES string of the molecule is [C-]#[N+]C(C)c1cccnc1F. The number of halogens is 1. The van der Waals surface area contributed by atoms with Crippen LogP contribution in [0.2, 0.25) is 0 Å². The first kappa shape index (κ1) is 7.67. The highest BCUT2D eigenvalue weighted by Gasteiger charge is 2.13. The van der Waals surface area contributed by atoms with E-state index >= 15 is 0 Å². The van der Waals surface area contributed by atoms with Crippen LogP contribution in [0.25, 0.3) is 4.85 Å². The van der Waals surface area contributed by atoms with E-state index in [2.05, 4.69) is 9.83 Å². The van der Waals surface area contributed by atoms with Crippen molar-refractivity contribution in [3.8, 4) is 0 Å². The highest BCUT2D eigenvalue weighted by Crippen LogP contribution is 2.17. The van der Waals surface area contributed by atoms with Crippen molar-refractivity contribution in [2.45, 2.75) is 13.0 Å². The highest BCUT2D eigenvalue weighted by atomic mass is 19.1. The predicted octanol–water partition coefficient (Wildman–Crippen LogP) is 2.20. The van der Waals surface area contributed by atoms with Crippen LogP contribution in [0.4, 0.5) is 4.39 Å². The molecule has 1 aromatic heterocycles. The third-order valence-electron chi connectivity index (χ3n) is 1.43. The molecule has 1 atom stereocenters. The Kier molecular flexibility index (Phi) is 2.17. The molecule has 0 radical (unpaired) electrons. The van der Waals surface area contributed by atoms with E-state index in [0.29, 0.717) is 5.56 Å². The molecule has 2 nitrogen and oxygen atoms in total. The van der Waals surface area contributed by atoms with E-state index in [0.717, 1.165) is 0 Å². The van der Waals surface area contributed by atoms with Gasteiger partial charge in [-0.15, -0.1) is 0 Å². The zero-order valence-electron chi connectivity index (χ0n) is 6.08. The molecule has 0 aromatic carbocycles. The van der Waals surface area contributed by atoms with E-state index in [4.69, 9.17) is 6.57 Å². The van der Waals surface area contributed by atoms with Gasteiger partial charge in [0.15, 0.2) is 0 Å². The van der Waals surface area contributed by atoms with Crippen LogP contribution in [-0.4, -0.2) is 4.98 Å². The van der Waals surface area contributed by atoms with E-state index in [9.17, 15) is 4.39 Å². The molecule has 0 amide bonds. The fraction of sp³-hybridized carbons (Fsp3) is 0.250. The van der Waals surface area contributed by atoms with Crippen LogP contribution in [-0.2, 0) is 0 Å². The molecule has 0 fully saturated rings. The van der Waals surface area contributed by atoms with Crippen molar-refractivity contribution in [2.75, 3.05) is 0 Å². The van der Waals surface area contributed by atoms with Crippen LogP contribution in [0.15, 0.2) is 18.3 Å². The molecule has 0 bridgehead atoms. The van der Waals surface area contributed by atoms with Gasteiger partial charge in [-0.2, -0.15) is 4.39 Å². The molecule has 1 rings (SSSR count). The summed E-state index contributed by atoms with van der Waals surface area (Å²) in [5, 5.41) is 0. The standard InChI is InChI=1S/C8H7FN2/c1-6(10-2)7-4-3-5-11-8(7)9/h3-6H,1H3. The summed E-state index contributed by atoms with van der Waals surface area (Å²) in [5.74, 6) is -0.545. The van der Waals surface area contributed by atoms with Crippen LogP contribution < -0.4 is 0 Å². The summed E-state index contributed by atoms with van der Waals surface area (Å²) in [6.45, 7) is 8.32. The van der Waals surface area contributed by atoms with E-state index < -0.39 is 12.0 Å². The Morgan fingerprint density at radius 2 is 2.45 bits per heavy atom. The summed E-state index contributed by atoms with van der Waals surface area (Å²) in [6.07, 6.45) is 1.37. The molecular formula is C8H7FN2. The molecular weight excluding hydrogens is 143 g/mol. The Morgan fingerprint density at radius 1 is 1.73 bits per heavy atom. The van der Waals surface area contributed by atoms with Gasteiger partial charge >= 0.3 is 0 Å². The van der Waals surface area contributed by atoms with Crippen LogP contribution in [0.1, 0.15) is 18.5 Å². The first-order chi connectivity index (χ1) is 5.25. The Balaban J connectivity index is 3.05. The maximum atomic E-state index is 12.8. The fourth-order valence-corrected chi connectivity index (χ4v) is 0.780. The van der Waals surface area contributed by atoms with E-state index in [-0.39, 0.29) is 0 Å². The number of pyridine rings is 1. The lowest BCUT2D eigenvalue weighted by Crippen LogP contribution is -1.94. The summed E-state index contributed by atoms with van der Waals surface area (Å²) >= 11 is 0. The summed E-state index contributed by atoms with van der Waals surface area (Å²) in [5.41, 5.74) is 0.363. The monoisotopic (exact) mass is 150 g/mol. The quantitative estimate of drug-likeness (QED) is 0.443. The van der Waals surface area contributed by atoms with Crippen molar-refractivity contribution < 1.29 is 4.39 Å². The van der Waals surface area contributed by atoms with Crippen molar-refractivity contribution in [1.29, 1.82) is 0 Å². The minimum absolute atomic E-state index is 0.363. The second kappa shape index (κ2) is 3.11. The van der Waals surface area contributed by atoms with Crippen molar-refractivity contribution in [3.05, 3.63) is 41.3 Å². The minimum Gasteiger partial charge on any atom is -0.309 e. The smallest absolute Gasteiger partial charge is 0.250 e. The second-order valence-electron chi connectivity index (χ2n) is 2.19. The first-order valence-corrected chi connectivity index (χ1v) is 3.22. The van der Waals surface area contributed by atoms with Crippen molar-refractivity contribution in [2.24, 2.45) is 0 Å². The molecule has 1 heterocycles. The molecule has 56 valence electrons. The third-order valence-corrected chi connectivity index (χ3v) is 1.43. The lowest BCUT2D eigenvalue weighted by molar-refractivity contribution is 0.562. The van der Waals surface area contributed by atoms with Gasteiger partial charge in [0.25, 0.3) is 0 Å². The number of hydrogen-bond acceptors (Lipinski definition) is 1. The zero-order valence-corrected chi connectivity index (χ0v) is 6.08. The number of rotatable bonds is 1. The maximum Gasteiger partial charge on any atom is 0.250 e. The summed E-state index contributed by atoms with van der Waals surface area (Å²) in [4.78, 5) is 6.63. The van der Waals surface area contributed by atoms with Gasteiger partial charge in [-0.1, -0.05) is 0 Å². The van der Waals surface area contributed by atoms with Gasteiger partial charge in [-0.3, -0.25) is 0 Å². The van der Waals surface area contributed by atoms with Gasteiger partial charge in [0.05, 0.1) is 5.56 Å². The van der Waals surface area contributed by atoms with Crippen molar-refractivity contribution in [3.63, 3.8) is 0 Å². The number of aromatic nitrogens is 1. The largest absolute Gasteiger partial charge is 0.309 e. The Labute approximate surface area is 64.5 Å². The Hall–Kier alpha value is -1.43. The van der Waals surface area contributed by atoms with Crippen molar-refractivity contribution in [1.82, 2.24) is 4.98 Å². The Morgan fingerprint density at radius 3 is 3.00 bits per heavy atom. The normalized spacial score (nSPS) is 12.1. The molecule has 0 aliphatic carbocycles. The molecule has 0 N–H and O–H groups in total. The molecule has 11 heavy (non-hydrogen) atoms. The second-order valence-corrected chi connectivity index (χ2v) is 2.19. The van der Waals surface area contributed by atoms with E-state index in [1.165, 1.54) is 6.20 Å². The summed E-state index contributed by atoms with van der Waals surface area (Å²) in [6, 6.07) is 2.76. The van der Waals surface area contributed by atoms with Gasteiger partial charge in [0.1, 0.15) is 0 Å². The molecule has 0 saturated carbocycles. The van der Waals surface area contributed by atoms with E-state index in [1.54, 1.807) is 19.1 Å². The topological polar surface area (TPSA) is 17.2 Å². The summed E-state index contributed by atoms with van der Waals surface area (Å²) < 4.78 is 12.8. The fourth-order valence-electron chi connectivity index (χ4n) is 0.780. The molecule has 1 unspecified atom stereocenters. The van der Waals surface area contributed by atoms with Crippen LogP contribution >= 0.6 is 0 Å². The van der Waals surface area contributed by atoms with Gasteiger partial charge in [-0.05, 0) is 12.1 Å². The molecule has 0 spiro atoms. The average Bonchev–Trinajstić information content (AvgIpc) is 2.04. The number of nitrogens with zero attached hydrogens (tertiary/aromatic N) is 2.